The van der Waals surface area contributed by atoms with Gasteiger partial charge in [-0.15, -0.1) is 30.0 Å². The van der Waals surface area contributed by atoms with Crippen molar-refractivity contribution in [3.05, 3.63) is 29.6 Å². The highest BCUT2D eigenvalue weighted by molar-refractivity contribution is 7.98. The molecule has 6 nitrogen and oxygen atoms in total. The van der Waals surface area contributed by atoms with Gasteiger partial charge in [-0.1, -0.05) is 0 Å². The van der Waals surface area contributed by atoms with E-state index in [4.69, 9.17) is 0 Å². The number of alkyl halides is 5. The van der Waals surface area contributed by atoms with Crippen LogP contribution in [0.3, 0.4) is 0 Å². The van der Waals surface area contributed by atoms with Crippen LogP contribution in [0.2, 0.25) is 0 Å². The number of ether oxygens (including phenoxy) is 1. The fourth-order valence-corrected chi connectivity index (χ4v) is 3.80. The molecule has 2 heterocycles. The number of carbonyl (C=O) groups is 1. The third-order valence-corrected chi connectivity index (χ3v) is 5.35. The Labute approximate surface area is 173 Å². The number of thioether (sulfide) groups is 1. The van der Waals surface area contributed by atoms with Gasteiger partial charge in [0.15, 0.2) is 0 Å². The molecule has 3 rings (SSSR count). The number of pyridine rings is 1. The topological polar surface area (TPSA) is 69.0 Å². The predicted octanol–water partition coefficient (Wildman–Crippen LogP) is 4.89. The van der Waals surface area contributed by atoms with E-state index >= 15 is 0 Å². The van der Waals surface area contributed by atoms with Crippen LogP contribution < -0.4 is 10.1 Å². The molecular formula is C18H19F5N4O2S. The summed E-state index contributed by atoms with van der Waals surface area (Å²) in [5.41, 5.74) is 0.0814. The van der Waals surface area contributed by atoms with Crippen LogP contribution in [-0.2, 0) is 6.54 Å². The Morgan fingerprint density at radius 1 is 1.43 bits per heavy atom. The number of anilines is 1. The summed E-state index contributed by atoms with van der Waals surface area (Å²) < 4.78 is 70.2. The first-order chi connectivity index (χ1) is 14.0. The highest BCUT2D eigenvalue weighted by atomic mass is 32.2. The van der Waals surface area contributed by atoms with Crippen molar-refractivity contribution >= 4 is 23.4 Å². The van der Waals surface area contributed by atoms with E-state index < -0.39 is 36.4 Å². The molecular weight excluding hydrogens is 431 g/mol. The highest BCUT2D eigenvalue weighted by Crippen LogP contribution is 2.40. The molecule has 1 unspecified atom stereocenters. The monoisotopic (exact) mass is 450 g/mol. The lowest BCUT2D eigenvalue weighted by molar-refractivity contribution is -0.276. The molecule has 1 amide bonds. The van der Waals surface area contributed by atoms with Crippen LogP contribution in [0, 0.1) is 12.8 Å². The van der Waals surface area contributed by atoms with E-state index in [0.717, 1.165) is 4.68 Å². The van der Waals surface area contributed by atoms with Gasteiger partial charge < -0.3 is 10.1 Å². The van der Waals surface area contributed by atoms with Crippen molar-refractivity contribution in [1.82, 2.24) is 14.8 Å². The minimum absolute atomic E-state index is 0.118. The van der Waals surface area contributed by atoms with Gasteiger partial charge in [-0.2, -0.15) is 0 Å². The van der Waals surface area contributed by atoms with Gasteiger partial charge in [0.25, 0.3) is 5.91 Å². The van der Waals surface area contributed by atoms with E-state index in [1.54, 1.807) is 12.3 Å². The molecule has 164 valence electrons. The Morgan fingerprint density at radius 3 is 2.77 bits per heavy atom. The van der Waals surface area contributed by atoms with Crippen molar-refractivity contribution in [2.24, 2.45) is 5.92 Å². The quantitative estimate of drug-likeness (QED) is 0.501. The summed E-state index contributed by atoms with van der Waals surface area (Å²) in [5.74, 6) is -4.85. The largest absolute Gasteiger partial charge is 0.574 e. The number of rotatable bonds is 6. The summed E-state index contributed by atoms with van der Waals surface area (Å²) in [6, 6.07) is 3.13. The fourth-order valence-electron chi connectivity index (χ4n) is 3.39. The Morgan fingerprint density at radius 2 is 2.17 bits per heavy atom. The third-order valence-electron chi connectivity index (χ3n) is 4.71. The molecule has 0 saturated heterocycles. The first kappa shape index (κ1) is 22.3. The standard InChI is InChI=1S/C18H19F5N4O2S/c1-10-14(15(28)25-12-4-6-24-13(7-12)30-2)27(26-16(10)29-18(21,22)23)9-11-3-5-17(19,20)8-11/h4,6-7,11H,3,5,8-9H2,1-2H3,(H,24,25,28). The second kappa shape index (κ2) is 8.40. The lowest BCUT2D eigenvalue weighted by atomic mass is 10.1. The second-order valence-electron chi connectivity index (χ2n) is 7.01. The van der Waals surface area contributed by atoms with E-state index in [0.29, 0.717) is 10.7 Å². The van der Waals surface area contributed by atoms with Crippen molar-refractivity contribution in [3.8, 4) is 5.88 Å². The van der Waals surface area contributed by atoms with Gasteiger partial charge in [-0.3, -0.25) is 9.48 Å². The van der Waals surface area contributed by atoms with Gasteiger partial charge in [0.05, 0.1) is 5.03 Å². The molecule has 0 bridgehead atoms. The maximum Gasteiger partial charge on any atom is 0.574 e. The van der Waals surface area contributed by atoms with E-state index in [-0.39, 0.29) is 30.6 Å². The Kier molecular flexibility index (Phi) is 6.25. The molecule has 1 atom stereocenters. The first-order valence-electron chi connectivity index (χ1n) is 9.00. The summed E-state index contributed by atoms with van der Waals surface area (Å²) in [7, 11) is 0. The van der Waals surface area contributed by atoms with Crippen LogP contribution in [0.15, 0.2) is 23.4 Å². The highest BCUT2D eigenvalue weighted by Gasteiger charge is 2.41. The number of amides is 1. The average Bonchev–Trinajstić information content (AvgIpc) is 3.12. The van der Waals surface area contributed by atoms with Crippen LogP contribution >= 0.6 is 11.8 Å². The molecule has 0 spiro atoms. The van der Waals surface area contributed by atoms with Crippen molar-refractivity contribution < 1.29 is 31.5 Å². The minimum Gasteiger partial charge on any atom is -0.386 e. The Balaban J connectivity index is 1.90. The van der Waals surface area contributed by atoms with Gasteiger partial charge in [0, 0.05) is 36.8 Å². The smallest absolute Gasteiger partial charge is 0.386 e. The second-order valence-corrected chi connectivity index (χ2v) is 7.84. The van der Waals surface area contributed by atoms with Gasteiger partial charge in [-0.05, 0) is 37.7 Å². The molecule has 0 aromatic carbocycles. The molecule has 1 aliphatic rings. The molecule has 0 aliphatic heterocycles. The molecule has 0 radical (unpaired) electrons. The maximum absolute atomic E-state index is 13.5. The molecule has 30 heavy (non-hydrogen) atoms. The van der Waals surface area contributed by atoms with Crippen LogP contribution in [0.1, 0.15) is 35.3 Å². The first-order valence-corrected chi connectivity index (χ1v) is 10.2. The van der Waals surface area contributed by atoms with Crippen molar-refractivity contribution in [3.63, 3.8) is 0 Å². The van der Waals surface area contributed by atoms with Gasteiger partial charge >= 0.3 is 6.36 Å². The molecule has 1 aliphatic carbocycles. The lowest BCUT2D eigenvalue weighted by Crippen LogP contribution is -2.21. The average molecular weight is 450 g/mol. The van der Waals surface area contributed by atoms with Crippen LogP contribution in [0.4, 0.5) is 27.6 Å². The SMILES string of the molecule is CSc1cc(NC(=O)c2c(C)c(OC(F)(F)F)nn2CC2CCC(F)(F)C2)ccn1. The lowest BCUT2D eigenvalue weighted by Gasteiger charge is -2.13. The summed E-state index contributed by atoms with van der Waals surface area (Å²) in [5, 5.41) is 6.98. The van der Waals surface area contributed by atoms with Crippen molar-refractivity contribution in [1.29, 1.82) is 0 Å². The fraction of sp³-hybridized carbons (Fsp3) is 0.500. The molecule has 1 fully saturated rings. The number of hydrogen-bond acceptors (Lipinski definition) is 5. The van der Waals surface area contributed by atoms with Gasteiger partial charge in [0.2, 0.25) is 11.8 Å². The van der Waals surface area contributed by atoms with E-state index in [1.807, 2.05) is 0 Å². The number of nitrogens with one attached hydrogen (secondary N) is 1. The zero-order valence-corrected chi connectivity index (χ0v) is 16.9. The predicted molar refractivity (Wildman–Crippen MR) is 99.9 cm³/mol. The number of nitrogens with zero attached hydrogens (tertiary/aromatic N) is 3. The van der Waals surface area contributed by atoms with Gasteiger partial charge in [0.1, 0.15) is 5.69 Å². The van der Waals surface area contributed by atoms with E-state index in [9.17, 15) is 26.7 Å². The van der Waals surface area contributed by atoms with E-state index in [2.05, 4.69) is 20.1 Å². The number of aromatic nitrogens is 3. The van der Waals surface area contributed by atoms with Gasteiger partial charge in [-0.25, -0.2) is 13.8 Å². The summed E-state index contributed by atoms with van der Waals surface area (Å²) in [6.45, 7) is 1.15. The molecule has 2 aromatic heterocycles. The number of hydrogen-bond donors (Lipinski definition) is 1. The third kappa shape index (κ3) is 5.41. The molecule has 2 aromatic rings. The Hall–Kier alpha value is -2.37. The van der Waals surface area contributed by atoms with Crippen molar-refractivity contribution in [2.75, 3.05) is 11.6 Å². The molecule has 12 heteroatoms. The number of carbonyl (C=O) groups excluding carboxylic acids is 1. The normalized spacial score (nSPS) is 18.4. The van der Waals surface area contributed by atoms with Crippen LogP contribution in [0.25, 0.3) is 0 Å². The maximum atomic E-state index is 13.5. The zero-order chi connectivity index (χ0) is 22.1. The molecule has 1 saturated carbocycles. The molecule has 1 N–H and O–H groups in total. The Bertz CT molecular complexity index is 932. The van der Waals surface area contributed by atoms with E-state index in [1.165, 1.54) is 30.9 Å². The van der Waals surface area contributed by atoms with Crippen molar-refractivity contribution in [2.45, 2.75) is 50.0 Å². The zero-order valence-electron chi connectivity index (χ0n) is 16.1. The number of halogens is 5. The summed E-state index contributed by atoms with van der Waals surface area (Å²) >= 11 is 1.35. The van der Waals surface area contributed by atoms with Crippen LogP contribution in [0.5, 0.6) is 5.88 Å². The summed E-state index contributed by atoms with van der Waals surface area (Å²) in [6.07, 6.45) is -2.26. The minimum atomic E-state index is -5.00. The summed E-state index contributed by atoms with van der Waals surface area (Å²) in [4.78, 5) is 16.9. The van der Waals surface area contributed by atoms with Crippen LogP contribution in [-0.4, -0.2) is 39.2 Å².